The van der Waals surface area contributed by atoms with E-state index in [0.29, 0.717) is 0 Å². The van der Waals surface area contributed by atoms with Gasteiger partial charge in [-0.15, -0.1) is 0 Å². The van der Waals surface area contributed by atoms with Crippen LogP contribution in [0.3, 0.4) is 0 Å². The SMILES string of the molecule is N#C/C(=C\Nc1cccc(C(F)(F)F)c1)C(=O)NC(=O)O. The number of carbonyl (C=O) groups is 2. The molecule has 1 rings (SSSR count). The number of hydrogen-bond acceptors (Lipinski definition) is 4. The van der Waals surface area contributed by atoms with Gasteiger partial charge in [0.25, 0.3) is 5.91 Å². The smallest absolute Gasteiger partial charge is 0.416 e. The third-order valence-electron chi connectivity index (χ3n) is 2.16. The molecular weight excluding hydrogens is 291 g/mol. The normalized spacial score (nSPS) is 11.4. The van der Waals surface area contributed by atoms with E-state index in [-0.39, 0.29) is 5.69 Å². The standard InChI is InChI=1S/C12H8F3N3O3/c13-12(14,15)8-2-1-3-9(4-8)17-6-7(5-16)10(19)18-11(20)21/h1-4,6,17H,(H,18,19)(H,20,21)/b7-6+. The Morgan fingerprint density at radius 3 is 2.52 bits per heavy atom. The largest absolute Gasteiger partial charge is 0.465 e. The van der Waals surface area contributed by atoms with Crippen LogP contribution in [-0.2, 0) is 11.0 Å². The van der Waals surface area contributed by atoms with Gasteiger partial charge in [-0.25, -0.2) is 4.79 Å². The molecule has 0 spiro atoms. The third-order valence-corrected chi connectivity index (χ3v) is 2.16. The number of carbonyl (C=O) groups excluding carboxylic acids is 1. The highest BCUT2D eigenvalue weighted by atomic mass is 19.4. The summed E-state index contributed by atoms with van der Waals surface area (Å²) in [5.74, 6) is -1.19. The van der Waals surface area contributed by atoms with Crippen molar-refractivity contribution in [1.82, 2.24) is 5.32 Å². The van der Waals surface area contributed by atoms with Crippen LogP contribution in [-0.4, -0.2) is 17.1 Å². The van der Waals surface area contributed by atoms with Crippen molar-refractivity contribution in [3.63, 3.8) is 0 Å². The monoisotopic (exact) mass is 299 g/mol. The minimum atomic E-state index is -4.53. The molecule has 0 bridgehead atoms. The van der Waals surface area contributed by atoms with Crippen molar-refractivity contribution in [1.29, 1.82) is 5.26 Å². The molecule has 0 atom stereocenters. The Labute approximate surface area is 116 Å². The molecule has 0 fully saturated rings. The van der Waals surface area contributed by atoms with Gasteiger partial charge in [-0.2, -0.15) is 18.4 Å². The third kappa shape index (κ3) is 4.87. The van der Waals surface area contributed by atoms with Crippen molar-refractivity contribution in [2.24, 2.45) is 0 Å². The van der Waals surface area contributed by atoms with Crippen molar-refractivity contribution in [3.8, 4) is 6.07 Å². The van der Waals surface area contributed by atoms with Gasteiger partial charge in [0.05, 0.1) is 5.56 Å². The lowest BCUT2D eigenvalue weighted by molar-refractivity contribution is -0.137. The molecule has 0 aliphatic rings. The average Bonchev–Trinajstić information content (AvgIpc) is 2.38. The number of alkyl halides is 3. The van der Waals surface area contributed by atoms with Gasteiger partial charge >= 0.3 is 12.3 Å². The van der Waals surface area contributed by atoms with Gasteiger partial charge in [-0.3, -0.25) is 10.1 Å². The zero-order valence-electron chi connectivity index (χ0n) is 10.2. The quantitative estimate of drug-likeness (QED) is 0.587. The second-order valence-electron chi connectivity index (χ2n) is 3.65. The Morgan fingerprint density at radius 2 is 2.00 bits per heavy atom. The number of nitrogens with zero attached hydrogens (tertiary/aromatic N) is 1. The minimum Gasteiger partial charge on any atom is -0.465 e. The van der Waals surface area contributed by atoms with E-state index in [1.807, 2.05) is 0 Å². The summed E-state index contributed by atoms with van der Waals surface area (Å²) in [5.41, 5.74) is -1.52. The predicted octanol–water partition coefficient (Wildman–Crippen LogP) is 2.32. The van der Waals surface area contributed by atoms with Crippen LogP contribution < -0.4 is 10.6 Å². The summed E-state index contributed by atoms with van der Waals surface area (Å²) in [6, 6.07) is 5.49. The lowest BCUT2D eigenvalue weighted by atomic mass is 10.2. The topological polar surface area (TPSA) is 102 Å². The van der Waals surface area contributed by atoms with E-state index in [1.165, 1.54) is 17.5 Å². The Kier molecular flexibility index (Phi) is 4.91. The molecule has 21 heavy (non-hydrogen) atoms. The summed E-state index contributed by atoms with van der Waals surface area (Å²) in [7, 11) is 0. The number of hydrogen-bond donors (Lipinski definition) is 3. The summed E-state index contributed by atoms with van der Waals surface area (Å²) in [5, 5.41) is 20.8. The molecule has 0 heterocycles. The van der Waals surface area contributed by atoms with Crippen LogP contribution in [0.25, 0.3) is 0 Å². The lowest BCUT2D eigenvalue weighted by Crippen LogP contribution is -2.29. The molecule has 0 aromatic heterocycles. The molecule has 0 aliphatic heterocycles. The fourth-order valence-corrected chi connectivity index (χ4v) is 1.25. The molecule has 0 unspecified atom stereocenters. The van der Waals surface area contributed by atoms with E-state index in [0.717, 1.165) is 24.4 Å². The molecular formula is C12H8F3N3O3. The molecule has 0 aliphatic carbocycles. The van der Waals surface area contributed by atoms with E-state index in [4.69, 9.17) is 10.4 Å². The molecule has 9 heteroatoms. The van der Waals surface area contributed by atoms with E-state index < -0.39 is 29.3 Å². The summed E-state index contributed by atoms with van der Waals surface area (Å²) in [4.78, 5) is 21.5. The van der Waals surface area contributed by atoms with Crippen LogP contribution in [0.15, 0.2) is 36.0 Å². The Bertz CT molecular complexity index is 633. The number of nitrogens with one attached hydrogen (secondary N) is 2. The van der Waals surface area contributed by atoms with Crippen molar-refractivity contribution in [2.45, 2.75) is 6.18 Å². The fraction of sp³-hybridized carbons (Fsp3) is 0.0833. The number of anilines is 1. The van der Waals surface area contributed by atoms with Crippen LogP contribution in [0.4, 0.5) is 23.7 Å². The first-order valence-corrected chi connectivity index (χ1v) is 5.32. The number of imide groups is 1. The highest BCUT2D eigenvalue weighted by molar-refractivity contribution is 6.04. The van der Waals surface area contributed by atoms with Crippen LogP contribution in [0.5, 0.6) is 0 Å². The maximum Gasteiger partial charge on any atom is 0.416 e. The van der Waals surface area contributed by atoms with Crippen molar-refractivity contribution in [3.05, 3.63) is 41.6 Å². The first-order chi connectivity index (χ1) is 9.74. The van der Waals surface area contributed by atoms with Gasteiger partial charge in [0.2, 0.25) is 0 Å². The Hall–Kier alpha value is -3.02. The maximum atomic E-state index is 12.5. The van der Waals surface area contributed by atoms with Crippen LogP contribution in [0, 0.1) is 11.3 Å². The molecule has 0 saturated heterocycles. The first kappa shape index (κ1) is 16.0. The summed E-state index contributed by atoms with van der Waals surface area (Å²) in [6.07, 6.45) is -5.37. The van der Waals surface area contributed by atoms with E-state index >= 15 is 0 Å². The number of halogens is 3. The predicted molar refractivity (Wildman–Crippen MR) is 64.9 cm³/mol. The minimum absolute atomic E-state index is 0.0132. The van der Waals surface area contributed by atoms with Crippen molar-refractivity contribution in [2.75, 3.05) is 5.32 Å². The number of benzene rings is 1. The van der Waals surface area contributed by atoms with E-state index in [2.05, 4.69) is 5.32 Å². The molecule has 3 N–H and O–H groups in total. The Balaban J connectivity index is 2.90. The number of rotatable bonds is 3. The molecule has 1 aromatic rings. The van der Waals surface area contributed by atoms with Gasteiger partial charge in [-0.05, 0) is 18.2 Å². The van der Waals surface area contributed by atoms with E-state index in [9.17, 15) is 22.8 Å². The van der Waals surface area contributed by atoms with Crippen molar-refractivity contribution >= 4 is 17.7 Å². The van der Waals surface area contributed by atoms with Gasteiger partial charge in [-0.1, -0.05) is 6.07 Å². The van der Waals surface area contributed by atoms with Gasteiger partial charge < -0.3 is 10.4 Å². The molecule has 6 nitrogen and oxygen atoms in total. The highest BCUT2D eigenvalue weighted by Crippen LogP contribution is 2.30. The fourth-order valence-electron chi connectivity index (χ4n) is 1.25. The van der Waals surface area contributed by atoms with Gasteiger partial charge in [0, 0.05) is 11.9 Å². The maximum absolute atomic E-state index is 12.5. The second-order valence-corrected chi connectivity index (χ2v) is 3.65. The average molecular weight is 299 g/mol. The van der Waals surface area contributed by atoms with Crippen LogP contribution in [0.2, 0.25) is 0 Å². The molecule has 110 valence electrons. The molecule has 0 saturated carbocycles. The Morgan fingerprint density at radius 1 is 1.33 bits per heavy atom. The number of carboxylic acid groups (broad SMARTS) is 1. The summed E-state index contributed by atoms with van der Waals surface area (Å²) in [6.45, 7) is 0. The van der Waals surface area contributed by atoms with Gasteiger partial charge in [0.15, 0.2) is 0 Å². The summed E-state index contributed by atoms with van der Waals surface area (Å²) < 4.78 is 37.4. The van der Waals surface area contributed by atoms with E-state index in [1.54, 1.807) is 0 Å². The van der Waals surface area contributed by atoms with Crippen LogP contribution in [0.1, 0.15) is 5.56 Å². The molecule has 0 radical (unpaired) electrons. The molecule has 1 aromatic carbocycles. The van der Waals surface area contributed by atoms with Crippen LogP contribution >= 0.6 is 0 Å². The lowest BCUT2D eigenvalue weighted by Gasteiger charge is -2.08. The number of amides is 2. The van der Waals surface area contributed by atoms with Gasteiger partial charge in [0.1, 0.15) is 11.6 Å². The van der Waals surface area contributed by atoms with Crippen molar-refractivity contribution < 1.29 is 27.9 Å². The first-order valence-electron chi connectivity index (χ1n) is 5.32. The zero-order chi connectivity index (χ0) is 16.0. The summed E-state index contributed by atoms with van der Waals surface area (Å²) >= 11 is 0. The highest BCUT2D eigenvalue weighted by Gasteiger charge is 2.30. The second kappa shape index (κ2) is 6.42. The zero-order valence-corrected chi connectivity index (χ0v) is 10.2. The molecule has 2 amide bonds. The number of nitriles is 1.